The van der Waals surface area contributed by atoms with Crippen LogP contribution < -0.4 is 10.9 Å². The van der Waals surface area contributed by atoms with Crippen molar-refractivity contribution < 1.29 is 4.79 Å². The van der Waals surface area contributed by atoms with Crippen molar-refractivity contribution >= 4 is 16.9 Å². The lowest BCUT2D eigenvalue weighted by molar-refractivity contribution is -0.121. The number of hydrogen-bond donors (Lipinski definition) is 1. The standard InChI is InChI=1S/C24H21N3O2/c28-23(17-27-22-14-8-7-13-21(22)25-16-24(27)29)26-15-20(18-9-3-1-4-10-18)19-11-5-2-6-12-19/h1-14,16,20H,15,17H2,(H,26,28). The van der Waals surface area contributed by atoms with Gasteiger partial charge in [0, 0.05) is 12.5 Å². The van der Waals surface area contributed by atoms with Crippen LogP contribution in [0.2, 0.25) is 0 Å². The molecule has 0 aliphatic carbocycles. The summed E-state index contributed by atoms with van der Waals surface area (Å²) in [7, 11) is 0. The number of carbonyl (C=O) groups is 1. The van der Waals surface area contributed by atoms with Gasteiger partial charge in [0.05, 0.1) is 17.2 Å². The quantitative estimate of drug-likeness (QED) is 0.555. The summed E-state index contributed by atoms with van der Waals surface area (Å²) in [4.78, 5) is 29.1. The Hall–Kier alpha value is -3.73. The molecule has 0 radical (unpaired) electrons. The fourth-order valence-corrected chi connectivity index (χ4v) is 3.49. The summed E-state index contributed by atoms with van der Waals surface area (Å²) >= 11 is 0. The Kier molecular flexibility index (Phi) is 5.47. The largest absolute Gasteiger partial charge is 0.354 e. The van der Waals surface area contributed by atoms with Gasteiger partial charge in [0.25, 0.3) is 5.56 Å². The van der Waals surface area contributed by atoms with E-state index >= 15 is 0 Å². The molecule has 144 valence electrons. The molecule has 29 heavy (non-hydrogen) atoms. The molecular weight excluding hydrogens is 362 g/mol. The Balaban J connectivity index is 1.54. The van der Waals surface area contributed by atoms with E-state index in [1.54, 1.807) is 6.07 Å². The third kappa shape index (κ3) is 4.24. The fraction of sp³-hybridized carbons (Fsp3) is 0.125. The second kappa shape index (κ2) is 8.52. The van der Waals surface area contributed by atoms with Gasteiger partial charge in [0.1, 0.15) is 6.54 Å². The van der Waals surface area contributed by atoms with Crippen molar-refractivity contribution in [3.05, 3.63) is 113 Å². The summed E-state index contributed by atoms with van der Waals surface area (Å²) in [6.45, 7) is 0.406. The molecule has 1 amide bonds. The smallest absolute Gasteiger partial charge is 0.269 e. The predicted molar refractivity (Wildman–Crippen MR) is 114 cm³/mol. The number of nitrogens with zero attached hydrogens (tertiary/aromatic N) is 2. The lowest BCUT2D eigenvalue weighted by Gasteiger charge is -2.19. The van der Waals surface area contributed by atoms with E-state index in [1.165, 1.54) is 10.8 Å². The molecule has 0 bridgehead atoms. The topological polar surface area (TPSA) is 64.0 Å². The molecule has 3 aromatic carbocycles. The van der Waals surface area contributed by atoms with Crippen molar-refractivity contribution in [2.45, 2.75) is 12.5 Å². The van der Waals surface area contributed by atoms with Crippen molar-refractivity contribution in [2.75, 3.05) is 6.54 Å². The number of hydrogen-bond acceptors (Lipinski definition) is 3. The molecule has 1 heterocycles. The SMILES string of the molecule is O=C(Cn1c(=O)cnc2ccccc21)NCC(c1ccccc1)c1ccccc1. The van der Waals surface area contributed by atoms with Crippen LogP contribution in [0.3, 0.4) is 0 Å². The monoisotopic (exact) mass is 383 g/mol. The van der Waals surface area contributed by atoms with Crippen molar-refractivity contribution in [1.29, 1.82) is 0 Å². The second-order valence-electron chi connectivity index (χ2n) is 6.85. The van der Waals surface area contributed by atoms with E-state index < -0.39 is 0 Å². The van der Waals surface area contributed by atoms with Crippen LogP contribution in [-0.2, 0) is 11.3 Å². The lowest BCUT2D eigenvalue weighted by atomic mass is 9.91. The zero-order chi connectivity index (χ0) is 20.1. The maximum Gasteiger partial charge on any atom is 0.269 e. The molecule has 5 nitrogen and oxygen atoms in total. The van der Waals surface area contributed by atoms with Crippen LogP contribution in [0.25, 0.3) is 11.0 Å². The maximum atomic E-state index is 12.7. The molecule has 0 aliphatic rings. The number of carbonyl (C=O) groups excluding carboxylic acids is 1. The Bertz CT molecular complexity index is 1130. The Morgan fingerprint density at radius 1 is 0.862 bits per heavy atom. The third-order valence-corrected chi connectivity index (χ3v) is 4.96. The number of nitrogens with one attached hydrogen (secondary N) is 1. The van der Waals surface area contributed by atoms with E-state index in [-0.39, 0.29) is 23.9 Å². The van der Waals surface area contributed by atoms with Crippen molar-refractivity contribution in [3.63, 3.8) is 0 Å². The van der Waals surface area contributed by atoms with E-state index in [0.717, 1.165) is 11.1 Å². The van der Waals surface area contributed by atoms with E-state index in [2.05, 4.69) is 34.6 Å². The van der Waals surface area contributed by atoms with Gasteiger partial charge in [-0.1, -0.05) is 72.8 Å². The van der Waals surface area contributed by atoms with Crippen LogP contribution >= 0.6 is 0 Å². The summed E-state index contributed by atoms with van der Waals surface area (Å²) in [6, 6.07) is 27.5. The average molecular weight is 383 g/mol. The summed E-state index contributed by atoms with van der Waals surface area (Å²) in [5.41, 5.74) is 3.31. The number of para-hydroxylation sites is 2. The molecule has 0 fully saturated rings. The van der Waals surface area contributed by atoms with Crippen LogP contribution in [0.4, 0.5) is 0 Å². The highest BCUT2D eigenvalue weighted by atomic mass is 16.2. The van der Waals surface area contributed by atoms with Gasteiger partial charge < -0.3 is 5.32 Å². The highest BCUT2D eigenvalue weighted by molar-refractivity contribution is 5.80. The Morgan fingerprint density at radius 2 is 1.45 bits per heavy atom. The molecule has 4 rings (SSSR count). The molecular formula is C24H21N3O2. The summed E-state index contributed by atoms with van der Waals surface area (Å²) in [5, 5.41) is 3.00. The van der Waals surface area contributed by atoms with Crippen LogP contribution in [0, 0.1) is 0 Å². The molecule has 0 saturated heterocycles. The Labute approximate surface area is 168 Å². The number of aromatic nitrogens is 2. The molecule has 4 aromatic rings. The highest BCUT2D eigenvalue weighted by Gasteiger charge is 2.16. The van der Waals surface area contributed by atoms with Gasteiger partial charge in [-0.05, 0) is 23.3 Å². The molecule has 0 spiro atoms. The van der Waals surface area contributed by atoms with Gasteiger partial charge in [0.2, 0.25) is 5.91 Å². The van der Waals surface area contributed by atoms with E-state index in [9.17, 15) is 9.59 Å². The molecule has 0 unspecified atom stereocenters. The molecule has 0 aliphatic heterocycles. The van der Waals surface area contributed by atoms with Crippen molar-refractivity contribution in [2.24, 2.45) is 0 Å². The molecule has 1 N–H and O–H groups in total. The van der Waals surface area contributed by atoms with Crippen molar-refractivity contribution in [3.8, 4) is 0 Å². The maximum absolute atomic E-state index is 12.7. The van der Waals surface area contributed by atoms with Crippen LogP contribution in [0.5, 0.6) is 0 Å². The van der Waals surface area contributed by atoms with Crippen LogP contribution in [-0.4, -0.2) is 22.0 Å². The summed E-state index contributed by atoms with van der Waals surface area (Å²) in [6.07, 6.45) is 1.26. The van der Waals surface area contributed by atoms with Crippen LogP contribution in [0.1, 0.15) is 17.0 Å². The first-order valence-corrected chi connectivity index (χ1v) is 9.53. The average Bonchev–Trinajstić information content (AvgIpc) is 2.77. The summed E-state index contributed by atoms with van der Waals surface area (Å²) in [5.74, 6) is -0.174. The third-order valence-electron chi connectivity index (χ3n) is 4.96. The zero-order valence-corrected chi connectivity index (χ0v) is 15.9. The van der Waals surface area contributed by atoms with Crippen LogP contribution in [0.15, 0.2) is 95.9 Å². The number of fused-ring (bicyclic) bond motifs is 1. The minimum absolute atomic E-state index is 0.0345. The predicted octanol–water partition coefficient (Wildman–Crippen LogP) is 3.34. The second-order valence-corrected chi connectivity index (χ2v) is 6.85. The first-order chi connectivity index (χ1) is 14.2. The van der Waals surface area contributed by atoms with Gasteiger partial charge in [-0.2, -0.15) is 0 Å². The van der Waals surface area contributed by atoms with Gasteiger partial charge in [-0.15, -0.1) is 0 Å². The fourth-order valence-electron chi connectivity index (χ4n) is 3.49. The summed E-state index contributed by atoms with van der Waals surface area (Å²) < 4.78 is 1.46. The number of benzene rings is 3. The lowest BCUT2D eigenvalue weighted by Crippen LogP contribution is -2.35. The normalized spacial score (nSPS) is 10.9. The van der Waals surface area contributed by atoms with E-state index in [4.69, 9.17) is 0 Å². The van der Waals surface area contributed by atoms with Gasteiger partial charge in [0.15, 0.2) is 0 Å². The number of amides is 1. The van der Waals surface area contributed by atoms with Gasteiger partial charge >= 0.3 is 0 Å². The Morgan fingerprint density at radius 3 is 2.10 bits per heavy atom. The zero-order valence-electron chi connectivity index (χ0n) is 15.9. The molecule has 5 heteroatoms. The highest BCUT2D eigenvalue weighted by Crippen LogP contribution is 2.23. The number of rotatable bonds is 6. The van der Waals surface area contributed by atoms with Crippen molar-refractivity contribution in [1.82, 2.24) is 14.9 Å². The van der Waals surface area contributed by atoms with E-state index in [1.807, 2.05) is 54.6 Å². The minimum atomic E-state index is -0.290. The first-order valence-electron chi connectivity index (χ1n) is 9.53. The molecule has 1 aromatic heterocycles. The van der Waals surface area contributed by atoms with Gasteiger partial charge in [-0.25, -0.2) is 4.98 Å². The first kappa shape index (κ1) is 18.6. The van der Waals surface area contributed by atoms with Gasteiger partial charge in [-0.3, -0.25) is 14.2 Å². The minimum Gasteiger partial charge on any atom is -0.354 e. The molecule has 0 saturated carbocycles. The molecule has 0 atom stereocenters. The van der Waals surface area contributed by atoms with E-state index in [0.29, 0.717) is 17.6 Å².